The van der Waals surface area contributed by atoms with Crippen molar-refractivity contribution in [3.8, 4) is 5.75 Å². The summed E-state index contributed by atoms with van der Waals surface area (Å²) in [5.41, 5.74) is 0.160. The molecule has 0 saturated heterocycles. The van der Waals surface area contributed by atoms with Crippen molar-refractivity contribution in [1.82, 2.24) is 15.0 Å². The predicted octanol–water partition coefficient (Wildman–Crippen LogP) is 0.829. The first-order chi connectivity index (χ1) is 7.77. The molecule has 6 heteroatoms. The molecule has 0 bridgehead atoms. The van der Waals surface area contributed by atoms with Gasteiger partial charge in [-0.15, -0.1) is 0 Å². The fourth-order valence-electron chi connectivity index (χ4n) is 1.08. The Kier molecular flexibility index (Phi) is 2.73. The number of hydrogen-bond acceptors (Lipinski definition) is 5. The van der Waals surface area contributed by atoms with E-state index in [1.54, 1.807) is 6.07 Å². The zero-order valence-corrected chi connectivity index (χ0v) is 8.16. The highest BCUT2D eigenvalue weighted by Crippen LogP contribution is 2.18. The number of aromatic hydroxyl groups is 1. The lowest BCUT2D eigenvalue weighted by Gasteiger charge is -2.04. The van der Waals surface area contributed by atoms with Gasteiger partial charge in [0, 0.05) is 18.6 Å². The lowest BCUT2D eigenvalue weighted by Crippen LogP contribution is -2.14. The van der Waals surface area contributed by atoms with Crippen molar-refractivity contribution in [3.05, 3.63) is 42.6 Å². The molecule has 1 amide bonds. The molecule has 0 aliphatic rings. The summed E-state index contributed by atoms with van der Waals surface area (Å²) in [4.78, 5) is 23.0. The lowest BCUT2D eigenvalue weighted by atomic mass is 10.4. The normalized spacial score (nSPS) is 9.75. The second kappa shape index (κ2) is 4.35. The Morgan fingerprint density at radius 1 is 1.25 bits per heavy atom. The molecule has 0 radical (unpaired) electrons. The Bertz CT molecular complexity index is 501. The molecule has 2 aromatic rings. The van der Waals surface area contributed by atoms with Crippen molar-refractivity contribution >= 4 is 11.7 Å². The molecule has 16 heavy (non-hydrogen) atoms. The monoisotopic (exact) mass is 216 g/mol. The van der Waals surface area contributed by atoms with Crippen LogP contribution in [0, 0.1) is 0 Å². The van der Waals surface area contributed by atoms with Gasteiger partial charge in [0.05, 0.1) is 6.20 Å². The Balaban J connectivity index is 2.18. The number of nitrogens with one attached hydrogen (secondary N) is 1. The van der Waals surface area contributed by atoms with Crippen LogP contribution < -0.4 is 5.32 Å². The quantitative estimate of drug-likeness (QED) is 0.776. The van der Waals surface area contributed by atoms with E-state index in [1.807, 2.05) is 0 Å². The van der Waals surface area contributed by atoms with E-state index in [0.29, 0.717) is 0 Å². The molecular formula is C10H8N4O2. The summed E-state index contributed by atoms with van der Waals surface area (Å²) >= 11 is 0. The summed E-state index contributed by atoms with van der Waals surface area (Å²) in [5.74, 6) is -0.472. The SMILES string of the molecule is O=C(Nc1ncccc1O)c1cnccn1. The first-order valence-corrected chi connectivity index (χ1v) is 4.49. The van der Waals surface area contributed by atoms with Crippen molar-refractivity contribution in [2.75, 3.05) is 5.32 Å². The number of carbonyl (C=O) groups excluding carboxylic acids is 1. The number of aromatic nitrogens is 3. The maximum absolute atomic E-state index is 11.6. The Morgan fingerprint density at radius 3 is 2.81 bits per heavy atom. The highest BCUT2D eigenvalue weighted by atomic mass is 16.3. The molecule has 0 saturated carbocycles. The summed E-state index contributed by atoms with van der Waals surface area (Å²) in [6, 6.07) is 2.99. The molecule has 0 aliphatic carbocycles. The van der Waals surface area contributed by atoms with Gasteiger partial charge in [0.25, 0.3) is 5.91 Å². The second-order valence-electron chi connectivity index (χ2n) is 2.92. The Hall–Kier alpha value is -2.50. The Labute approximate surface area is 91.0 Å². The predicted molar refractivity (Wildman–Crippen MR) is 55.9 cm³/mol. The average molecular weight is 216 g/mol. The summed E-state index contributed by atoms with van der Waals surface area (Å²) in [6.07, 6.45) is 5.67. The van der Waals surface area contributed by atoms with Crippen molar-refractivity contribution in [2.45, 2.75) is 0 Å². The third-order valence-corrected chi connectivity index (χ3v) is 1.81. The average Bonchev–Trinajstić information content (AvgIpc) is 2.33. The highest BCUT2D eigenvalue weighted by Gasteiger charge is 2.10. The maximum atomic E-state index is 11.6. The molecule has 0 aliphatic heterocycles. The van der Waals surface area contributed by atoms with Crippen LogP contribution in [0.1, 0.15) is 10.5 Å². The van der Waals surface area contributed by atoms with Gasteiger partial charge in [-0.25, -0.2) is 9.97 Å². The van der Waals surface area contributed by atoms with Crippen molar-refractivity contribution < 1.29 is 9.90 Å². The molecule has 2 rings (SSSR count). The van der Waals surface area contributed by atoms with Crippen LogP contribution in [-0.4, -0.2) is 26.0 Å². The lowest BCUT2D eigenvalue weighted by molar-refractivity contribution is 0.102. The van der Waals surface area contributed by atoms with E-state index in [0.717, 1.165) is 0 Å². The van der Waals surface area contributed by atoms with Crippen LogP contribution in [0.2, 0.25) is 0 Å². The van der Waals surface area contributed by atoms with Crippen LogP contribution in [0.25, 0.3) is 0 Å². The maximum Gasteiger partial charge on any atom is 0.277 e. The summed E-state index contributed by atoms with van der Waals surface area (Å²) < 4.78 is 0. The molecule has 0 spiro atoms. The zero-order valence-electron chi connectivity index (χ0n) is 8.16. The van der Waals surface area contributed by atoms with Crippen LogP contribution >= 0.6 is 0 Å². The van der Waals surface area contributed by atoms with Crippen LogP contribution in [0.3, 0.4) is 0 Å². The molecule has 80 valence electrons. The van der Waals surface area contributed by atoms with E-state index < -0.39 is 5.91 Å². The summed E-state index contributed by atoms with van der Waals surface area (Å²) in [5, 5.41) is 11.8. The molecule has 2 heterocycles. The number of nitrogens with zero attached hydrogens (tertiary/aromatic N) is 3. The van der Waals surface area contributed by atoms with Crippen LogP contribution in [0.15, 0.2) is 36.9 Å². The first-order valence-electron chi connectivity index (χ1n) is 4.49. The molecule has 0 unspecified atom stereocenters. The minimum absolute atomic E-state index is 0.0955. The number of amides is 1. The standard InChI is InChI=1S/C10H8N4O2/c15-8-2-1-3-13-9(8)14-10(16)7-6-11-4-5-12-7/h1-6,15H,(H,13,14,16). The molecule has 2 aromatic heterocycles. The third-order valence-electron chi connectivity index (χ3n) is 1.81. The van der Waals surface area contributed by atoms with E-state index in [2.05, 4.69) is 20.3 Å². The van der Waals surface area contributed by atoms with E-state index in [-0.39, 0.29) is 17.3 Å². The van der Waals surface area contributed by atoms with Gasteiger partial charge in [0.2, 0.25) is 0 Å². The summed E-state index contributed by atoms with van der Waals surface area (Å²) in [6.45, 7) is 0. The van der Waals surface area contributed by atoms with Crippen LogP contribution in [0.4, 0.5) is 5.82 Å². The first kappa shape index (κ1) is 10.0. The fraction of sp³-hybridized carbons (Fsp3) is 0. The summed E-state index contributed by atoms with van der Waals surface area (Å²) in [7, 11) is 0. The van der Waals surface area contributed by atoms with E-state index in [9.17, 15) is 9.90 Å². The van der Waals surface area contributed by atoms with E-state index in [1.165, 1.54) is 30.9 Å². The van der Waals surface area contributed by atoms with Gasteiger partial charge in [-0.1, -0.05) is 0 Å². The highest BCUT2D eigenvalue weighted by molar-refractivity contribution is 6.02. The smallest absolute Gasteiger partial charge is 0.277 e. The van der Waals surface area contributed by atoms with Gasteiger partial charge in [0.1, 0.15) is 5.69 Å². The molecule has 0 fully saturated rings. The van der Waals surface area contributed by atoms with Crippen molar-refractivity contribution in [2.24, 2.45) is 0 Å². The number of carbonyl (C=O) groups is 1. The minimum atomic E-state index is -0.470. The van der Waals surface area contributed by atoms with Crippen molar-refractivity contribution in [3.63, 3.8) is 0 Å². The Morgan fingerprint density at radius 2 is 2.12 bits per heavy atom. The number of hydrogen-bond donors (Lipinski definition) is 2. The second-order valence-corrected chi connectivity index (χ2v) is 2.92. The van der Waals surface area contributed by atoms with E-state index >= 15 is 0 Å². The molecule has 2 N–H and O–H groups in total. The number of anilines is 1. The molecule has 6 nitrogen and oxygen atoms in total. The van der Waals surface area contributed by atoms with Gasteiger partial charge in [-0.05, 0) is 12.1 Å². The van der Waals surface area contributed by atoms with Gasteiger partial charge in [-0.2, -0.15) is 0 Å². The van der Waals surface area contributed by atoms with Gasteiger partial charge in [0.15, 0.2) is 11.6 Å². The molecule has 0 atom stereocenters. The van der Waals surface area contributed by atoms with E-state index in [4.69, 9.17) is 0 Å². The van der Waals surface area contributed by atoms with Crippen LogP contribution in [0.5, 0.6) is 5.75 Å². The van der Waals surface area contributed by atoms with Crippen molar-refractivity contribution in [1.29, 1.82) is 0 Å². The minimum Gasteiger partial charge on any atom is -0.504 e. The number of pyridine rings is 1. The largest absolute Gasteiger partial charge is 0.504 e. The topological polar surface area (TPSA) is 88.0 Å². The third kappa shape index (κ3) is 2.11. The molecular weight excluding hydrogens is 208 g/mol. The van der Waals surface area contributed by atoms with Gasteiger partial charge < -0.3 is 10.4 Å². The molecule has 0 aromatic carbocycles. The fourth-order valence-corrected chi connectivity index (χ4v) is 1.08. The van der Waals surface area contributed by atoms with Gasteiger partial charge >= 0.3 is 0 Å². The number of rotatable bonds is 2. The zero-order chi connectivity index (χ0) is 11.4. The van der Waals surface area contributed by atoms with Gasteiger partial charge in [-0.3, -0.25) is 9.78 Å². The van der Waals surface area contributed by atoms with Crippen LogP contribution in [-0.2, 0) is 0 Å².